The molecule has 0 spiro atoms. The Bertz CT molecular complexity index is 629. The van der Waals surface area contributed by atoms with Gasteiger partial charge >= 0.3 is 5.97 Å². The average Bonchev–Trinajstić information content (AvgIpc) is 2.45. The molecule has 0 saturated carbocycles. The third-order valence-corrected chi connectivity index (χ3v) is 2.99. The Morgan fingerprint density at radius 2 is 1.55 bits per heavy atom. The molecule has 102 valence electrons. The zero-order valence-corrected chi connectivity index (χ0v) is 10.7. The molecule has 0 aliphatic rings. The summed E-state index contributed by atoms with van der Waals surface area (Å²) in [6.45, 7) is 0. The maximum Gasteiger partial charge on any atom is 0.303 e. The van der Waals surface area contributed by atoms with Gasteiger partial charge in [0.25, 0.3) is 0 Å². The topological polar surface area (TPSA) is 74.6 Å². The van der Waals surface area contributed by atoms with Gasteiger partial charge in [-0.1, -0.05) is 42.5 Å². The molecule has 20 heavy (non-hydrogen) atoms. The van der Waals surface area contributed by atoms with E-state index >= 15 is 0 Å². The quantitative estimate of drug-likeness (QED) is 0.819. The Morgan fingerprint density at radius 1 is 0.900 bits per heavy atom. The van der Waals surface area contributed by atoms with E-state index in [1.165, 1.54) is 0 Å². The van der Waals surface area contributed by atoms with Crippen LogP contribution in [0, 0.1) is 0 Å². The van der Waals surface area contributed by atoms with Crippen molar-refractivity contribution >= 4 is 11.8 Å². The molecule has 0 atom stereocenters. The van der Waals surface area contributed by atoms with Crippen LogP contribution in [-0.4, -0.2) is 22.0 Å². The number of phenols is 1. The third kappa shape index (κ3) is 3.23. The van der Waals surface area contributed by atoms with Crippen molar-refractivity contribution < 1.29 is 19.8 Å². The number of carbonyl (C=O) groups excluding carboxylic acids is 1. The van der Waals surface area contributed by atoms with Gasteiger partial charge in [-0.15, -0.1) is 0 Å². The summed E-state index contributed by atoms with van der Waals surface area (Å²) in [7, 11) is 0. The van der Waals surface area contributed by atoms with Crippen molar-refractivity contribution in [3.05, 3.63) is 54.1 Å². The lowest BCUT2D eigenvalue weighted by atomic mass is 10.0. The molecule has 0 aromatic heterocycles. The summed E-state index contributed by atoms with van der Waals surface area (Å²) in [6, 6.07) is 13.7. The summed E-state index contributed by atoms with van der Waals surface area (Å²) in [6.07, 6.45) is -0.175. The molecule has 0 aliphatic heterocycles. The molecule has 2 aromatic carbocycles. The van der Waals surface area contributed by atoms with Crippen molar-refractivity contribution in [2.45, 2.75) is 12.8 Å². The molecule has 0 unspecified atom stereocenters. The van der Waals surface area contributed by atoms with Crippen LogP contribution in [0.5, 0.6) is 5.75 Å². The van der Waals surface area contributed by atoms with Gasteiger partial charge < -0.3 is 10.2 Å². The second-order valence-electron chi connectivity index (χ2n) is 4.41. The van der Waals surface area contributed by atoms with E-state index in [0.717, 1.165) is 5.56 Å². The molecule has 4 heteroatoms. The summed E-state index contributed by atoms with van der Waals surface area (Å²) in [5.74, 6) is -1.00. The minimum atomic E-state index is -0.982. The maximum atomic E-state index is 11.8. The van der Waals surface area contributed by atoms with Gasteiger partial charge in [0.2, 0.25) is 0 Å². The van der Waals surface area contributed by atoms with Crippen LogP contribution < -0.4 is 0 Å². The molecule has 0 radical (unpaired) electrons. The number of carboxylic acids is 1. The van der Waals surface area contributed by atoms with Crippen LogP contribution in [0.4, 0.5) is 0 Å². The number of hydrogen-bond acceptors (Lipinski definition) is 3. The monoisotopic (exact) mass is 270 g/mol. The summed E-state index contributed by atoms with van der Waals surface area (Å²) in [5.41, 5.74) is 1.97. The van der Waals surface area contributed by atoms with Crippen LogP contribution in [0.1, 0.15) is 23.2 Å². The molecular formula is C16H14O4. The van der Waals surface area contributed by atoms with Gasteiger partial charge in [0.05, 0.1) is 6.42 Å². The van der Waals surface area contributed by atoms with E-state index in [0.29, 0.717) is 11.1 Å². The number of aliphatic carboxylic acids is 1. The molecule has 0 bridgehead atoms. The number of ketones is 1. The van der Waals surface area contributed by atoms with Crippen LogP contribution in [0.25, 0.3) is 11.1 Å². The lowest BCUT2D eigenvalue weighted by molar-refractivity contribution is -0.136. The van der Waals surface area contributed by atoms with Crippen molar-refractivity contribution in [1.82, 2.24) is 0 Å². The molecular weight excluding hydrogens is 256 g/mol. The summed E-state index contributed by atoms with van der Waals surface area (Å²) < 4.78 is 0. The molecule has 0 heterocycles. The SMILES string of the molecule is O=C(O)CCC(=O)c1ccc(-c2ccccc2O)cc1. The highest BCUT2D eigenvalue weighted by Gasteiger charge is 2.09. The Kier molecular flexibility index (Phi) is 4.15. The van der Waals surface area contributed by atoms with Crippen LogP contribution in [0.15, 0.2) is 48.5 Å². The Hall–Kier alpha value is -2.62. The first-order valence-electron chi connectivity index (χ1n) is 6.21. The summed E-state index contributed by atoms with van der Waals surface area (Å²) in [5, 5.41) is 18.3. The summed E-state index contributed by atoms with van der Waals surface area (Å²) >= 11 is 0. The number of carboxylic acid groups (broad SMARTS) is 1. The number of rotatable bonds is 5. The number of hydrogen-bond donors (Lipinski definition) is 2. The van der Waals surface area contributed by atoms with Crippen LogP contribution in [0.2, 0.25) is 0 Å². The van der Waals surface area contributed by atoms with Crippen molar-refractivity contribution in [2.24, 2.45) is 0 Å². The van der Waals surface area contributed by atoms with Crippen molar-refractivity contribution in [3.63, 3.8) is 0 Å². The van der Waals surface area contributed by atoms with E-state index in [9.17, 15) is 14.7 Å². The van der Waals surface area contributed by atoms with Crippen LogP contribution in [0.3, 0.4) is 0 Å². The predicted octanol–water partition coefficient (Wildman–Crippen LogP) is 3.11. The minimum absolute atomic E-state index is 0.00866. The van der Waals surface area contributed by atoms with Gasteiger partial charge in [0.15, 0.2) is 5.78 Å². The molecule has 2 aromatic rings. The number of benzene rings is 2. The first-order chi connectivity index (χ1) is 9.58. The number of aromatic hydroxyl groups is 1. The first kappa shape index (κ1) is 13.8. The van der Waals surface area contributed by atoms with Gasteiger partial charge in [0.1, 0.15) is 5.75 Å². The lowest BCUT2D eigenvalue weighted by Crippen LogP contribution is -2.03. The van der Waals surface area contributed by atoms with Gasteiger partial charge in [-0.25, -0.2) is 0 Å². The Labute approximate surface area is 116 Å². The molecule has 2 rings (SSSR count). The molecule has 4 nitrogen and oxygen atoms in total. The van der Waals surface area contributed by atoms with Gasteiger partial charge in [-0.3, -0.25) is 9.59 Å². The zero-order valence-electron chi connectivity index (χ0n) is 10.7. The highest BCUT2D eigenvalue weighted by atomic mass is 16.4. The maximum absolute atomic E-state index is 11.8. The first-order valence-corrected chi connectivity index (χ1v) is 6.21. The molecule has 0 amide bonds. The van der Waals surface area contributed by atoms with Crippen molar-refractivity contribution in [3.8, 4) is 16.9 Å². The predicted molar refractivity (Wildman–Crippen MR) is 74.7 cm³/mol. The van der Waals surface area contributed by atoms with Crippen molar-refractivity contribution in [1.29, 1.82) is 0 Å². The standard InChI is InChI=1S/C16H14O4/c17-14(9-10-16(19)20)12-7-5-11(6-8-12)13-3-1-2-4-15(13)18/h1-8,18H,9-10H2,(H,19,20). The fourth-order valence-corrected chi connectivity index (χ4v) is 1.92. The summed E-state index contributed by atoms with van der Waals surface area (Å²) in [4.78, 5) is 22.2. The van der Waals surface area contributed by atoms with Gasteiger partial charge in [-0.2, -0.15) is 0 Å². The number of Topliss-reactive ketones (excluding diaryl/α,β-unsaturated/α-hetero) is 1. The molecule has 2 N–H and O–H groups in total. The minimum Gasteiger partial charge on any atom is -0.507 e. The zero-order chi connectivity index (χ0) is 14.5. The fourth-order valence-electron chi connectivity index (χ4n) is 1.92. The number of phenolic OH excluding ortho intramolecular Hbond substituents is 1. The van der Waals surface area contributed by atoms with E-state index in [2.05, 4.69) is 0 Å². The van der Waals surface area contributed by atoms with Gasteiger partial charge in [-0.05, 0) is 11.6 Å². The number of carbonyl (C=O) groups is 2. The van der Waals surface area contributed by atoms with E-state index in [1.54, 1.807) is 42.5 Å². The van der Waals surface area contributed by atoms with Crippen LogP contribution in [-0.2, 0) is 4.79 Å². The van der Waals surface area contributed by atoms with E-state index in [4.69, 9.17) is 5.11 Å². The Morgan fingerprint density at radius 3 is 2.15 bits per heavy atom. The fraction of sp³-hybridized carbons (Fsp3) is 0.125. The largest absolute Gasteiger partial charge is 0.507 e. The normalized spacial score (nSPS) is 10.2. The average molecular weight is 270 g/mol. The lowest BCUT2D eigenvalue weighted by Gasteiger charge is -2.05. The molecule has 0 fully saturated rings. The smallest absolute Gasteiger partial charge is 0.303 e. The third-order valence-electron chi connectivity index (χ3n) is 2.99. The molecule has 0 saturated heterocycles. The Balaban J connectivity index is 2.16. The second kappa shape index (κ2) is 6.02. The van der Waals surface area contributed by atoms with Crippen LogP contribution >= 0.6 is 0 Å². The van der Waals surface area contributed by atoms with Crippen molar-refractivity contribution in [2.75, 3.05) is 0 Å². The highest BCUT2D eigenvalue weighted by Crippen LogP contribution is 2.28. The van der Waals surface area contributed by atoms with E-state index in [1.807, 2.05) is 6.07 Å². The highest BCUT2D eigenvalue weighted by molar-refractivity contribution is 5.97. The second-order valence-corrected chi connectivity index (χ2v) is 4.41. The van der Waals surface area contributed by atoms with Gasteiger partial charge in [0, 0.05) is 17.5 Å². The van der Waals surface area contributed by atoms with E-state index < -0.39 is 5.97 Å². The van der Waals surface area contributed by atoms with E-state index in [-0.39, 0.29) is 24.4 Å². The molecule has 0 aliphatic carbocycles. The number of para-hydroxylation sites is 1.